The lowest BCUT2D eigenvalue weighted by atomic mass is 10.1. The van der Waals surface area contributed by atoms with Gasteiger partial charge in [0, 0.05) is 22.7 Å². The van der Waals surface area contributed by atoms with E-state index in [1.807, 2.05) is 25.1 Å². The summed E-state index contributed by atoms with van der Waals surface area (Å²) in [5.41, 5.74) is 2.25. The van der Waals surface area contributed by atoms with Crippen LogP contribution in [0, 0.1) is 5.92 Å². The Hall–Kier alpha value is -0.860. The van der Waals surface area contributed by atoms with E-state index in [4.69, 9.17) is 11.6 Å². The number of rotatable bonds is 4. The summed E-state index contributed by atoms with van der Waals surface area (Å²) in [5.74, 6) is 0.464. The number of halogens is 1. The van der Waals surface area contributed by atoms with E-state index in [1.54, 1.807) is 11.3 Å². The van der Waals surface area contributed by atoms with Crippen molar-refractivity contribution in [2.24, 2.45) is 5.92 Å². The number of aromatic nitrogens is 1. The maximum atomic E-state index is 6.08. The molecule has 17 heavy (non-hydrogen) atoms. The predicted molar refractivity (Wildman–Crippen MR) is 75.7 cm³/mol. The van der Waals surface area contributed by atoms with Gasteiger partial charge in [-0.1, -0.05) is 37.3 Å². The summed E-state index contributed by atoms with van der Waals surface area (Å²) >= 11 is 7.80. The summed E-state index contributed by atoms with van der Waals surface area (Å²) in [6.45, 7) is 4.21. The molecular formula is C14H16ClNS. The first kappa shape index (κ1) is 12.6. The van der Waals surface area contributed by atoms with E-state index in [-0.39, 0.29) is 5.38 Å². The molecule has 0 saturated heterocycles. The second-order valence-electron chi connectivity index (χ2n) is 4.35. The van der Waals surface area contributed by atoms with Crippen molar-refractivity contribution < 1.29 is 0 Å². The normalized spacial score (nSPS) is 14.5. The van der Waals surface area contributed by atoms with Gasteiger partial charge in [-0.15, -0.1) is 22.9 Å². The highest BCUT2D eigenvalue weighted by atomic mass is 35.5. The number of hydrogen-bond donors (Lipinski definition) is 0. The Morgan fingerprint density at radius 2 is 1.94 bits per heavy atom. The Kier molecular flexibility index (Phi) is 4.19. The van der Waals surface area contributed by atoms with Crippen LogP contribution in [-0.2, 0) is 6.42 Å². The lowest BCUT2D eigenvalue weighted by Gasteiger charge is -2.10. The van der Waals surface area contributed by atoms with Crippen LogP contribution in [0.2, 0.25) is 0 Å². The summed E-state index contributed by atoms with van der Waals surface area (Å²) in [6.07, 6.45) is 0.960. The first-order valence-corrected chi connectivity index (χ1v) is 7.12. The molecule has 0 aliphatic rings. The molecule has 1 heterocycles. The number of hydrogen-bond acceptors (Lipinski definition) is 2. The van der Waals surface area contributed by atoms with E-state index in [2.05, 4.69) is 29.4 Å². The second kappa shape index (κ2) is 5.65. The molecule has 0 fully saturated rings. The van der Waals surface area contributed by atoms with Gasteiger partial charge in [0.25, 0.3) is 0 Å². The summed E-state index contributed by atoms with van der Waals surface area (Å²) in [7, 11) is 0. The molecular weight excluding hydrogens is 250 g/mol. The van der Waals surface area contributed by atoms with Crippen molar-refractivity contribution >= 4 is 22.9 Å². The highest BCUT2D eigenvalue weighted by molar-refractivity contribution is 7.09. The van der Waals surface area contributed by atoms with Crippen LogP contribution in [0.25, 0.3) is 11.3 Å². The molecule has 2 rings (SSSR count). The largest absolute Gasteiger partial charge is 0.241 e. The Morgan fingerprint density at radius 1 is 1.24 bits per heavy atom. The Morgan fingerprint density at radius 3 is 2.59 bits per heavy atom. The van der Waals surface area contributed by atoms with Gasteiger partial charge in [0.15, 0.2) is 0 Å². The third-order valence-corrected chi connectivity index (χ3v) is 4.20. The highest BCUT2D eigenvalue weighted by Crippen LogP contribution is 2.24. The summed E-state index contributed by atoms with van der Waals surface area (Å²) < 4.78 is 0. The Labute approximate surface area is 111 Å². The zero-order valence-corrected chi connectivity index (χ0v) is 11.6. The van der Waals surface area contributed by atoms with Gasteiger partial charge < -0.3 is 0 Å². The molecule has 3 heteroatoms. The zero-order chi connectivity index (χ0) is 12.3. The van der Waals surface area contributed by atoms with E-state index in [1.165, 1.54) is 10.6 Å². The number of benzene rings is 1. The Bertz CT molecular complexity index is 464. The minimum absolute atomic E-state index is 0.194. The SMILES string of the molecule is CC(Cl)C(C)Cc1nc(-c2ccccc2)cs1. The van der Waals surface area contributed by atoms with Gasteiger partial charge in [0.2, 0.25) is 0 Å². The third kappa shape index (κ3) is 3.30. The first-order valence-electron chi connectivity index (χ1n) is 5.80. The van der Waals surface area contributed by atoms with E-state index >= 15 is 0 Å². The summed E-state index contributed by atoms with van der Waals surface area (Å²) in [6, 6.07) is 10.3. The van der Waals surface area contributed by atoms with Crippen molar-refractivity contribution in [3.05, 3.63) is 40.7 Å². The lowest BCUT2D eigenvalue weighted by molar-refractivity contribution is 0.566. The summed E-state index contributed by atoms with van der Waals surface area (Å²) in [5, 5.41) is 3.49. The van der Waals surface area contributed by atoms with E-state index in [0.29, 0.717) is 5.92 Å². The molecule has 0 radical (unpaired) electrons. The molecule has 90 valence electrons. The maximum Gasteiger partial charge on any atom is 0.0935 e. The molecule has 0 aliphatic heterocycles. The molecule has 0 bridgehead atoms. The molecule has 0 N–H and O–H groups in total. The van der Waals surface area contributed by atoms with Crippen molar-refractivity contribution in [2.45, 2.75) is 25.6 Å². The van der Waals surface area contributed by atoms with Gasteiger partial charge >= 0.3 is 0 Å². The summed E-state index contributed by atoms with van der Waals surface area (Å²) in [4.78, 5) is 4.66. The van der Waals surface area contributed by atoms with Gasteiger partial charge in [-0.05, 0) is 12.8 Å². The fourth-order valence-corrected chi connectivity index (χ4v) is 2.62. The van der Waals surface area contributed by atoms with Crippen molar-refractivity contribution in [3.8, 4) is 11.3 Å². The molecule has 0 saturated carbocycles. The Balaban J connectivity index is 2.12. The fraction of sp³-hybridized carbons (Fsp3) is 0.357. The number of nitrogens with zero attached hydrogens (tertiary/aromatic N) is 1. The molecule has 0 amide bonds. The van der Waals surface area contributed by atoms with Crippen molar-refractivity contribution in [1.82, 2.24) is 4.98 Å². The van der Waals surface area contributed by atoms with Gasteiger partial charge in [0.1, 0.15) is 0 Å². The average Bonchev–Trinajstić information content (AvgIpc) is 2.78. The number of thiazole rings is 1. The predicted octanol–water partition coefficient (Wildman–Crippen LogP) is 4.62. The van der Waals surface area contributed by atoms with Crippen LogP contribution in [0.3, 0.4) is 0 Å². The fourth-order valence-electron chi connectivity index (χ4n) is 1.58. The molecule has 2 unspecified atom stereocenters. The lowest BCUT2D eigenvalue weighted by Crippen LogP contribution is -2.09. The first-order chi connectivity index (χ1) is 8.16. The molecule has 1 nitrogen and oxygen atoms in total. The van der Waals surface area contributed by atoms with Crippen LogP contribution >= 0.6 is 22.9 Å². The van der Waals surface area contributed by atoms with E-state index < -0.39 is 0 Å². The third-order valence-electron chi connectivity index (χ3n) is 2.90. The smallest absolute Gasteiger partial charge is 0.0935 e. The maximum absolute atomic E-state index is 6.08. The van der Waals surface area contributed by atoms with Crippen molar-refractivity contribution in [2.75, 3.05) is 0 Å². The van der Waals surface area contributed by atoms with E-state index in [9.17, 15) is 0 Å². The van der Waals surface area contributed by atoms with Crippen molar-refractivity contribution in [3.63, 3.8) is 0 Å². The van der Waals surface area contributed by atoms with Crippen molar-refractivity contribution in [1.29, 1.82) is 0 Å². The van der Waals surface area contributed by atoms with Crippen LogP contribution in [0.15, 0.2) is 35.7 Å². The second-order valence-corrected chi connectivity index (χ2v) is 5.98. The van der Waals surface area contributed by atoms with Gasteiger partial charge in [-0.2, -0.15) is 0 Å². The molecule has 0 spiro atoms. The van der Waals surface area contributed by atoms with Gasteiger partial charge in [0.05, 0.1) is 10.7 Å². The molecule has 2 atom stereocenters. The van der Waals surface area contributed by atoms with Crippen LogP contribution < -0.4 is 0 Å². The van der Waals surface area contributed by atoms with Gasteiger partial charge in [-0.3, -0.25) is 0 Å². The highest BCUT2D eigenvalue weighted by Gasteiger charge is 2.12. The molecule has 0 aliphatic carbocycles. The monoisotopic (exact) mass is 265 g/mol. The van der Waals surface area contributed by atoms with E-state index in [0.717, 1.165) is 12.1 Å². The van der Waals surface area contributed by atoms with Crippen LogP contribution in [0.5, 0.6) is 0 Å². The van der Waals surface area contributed by atoms with Crippen LogP contribution in [0.1, 0.15) is 18.9 Å². The number of alkyl halides is 1. The van der Waals surface area contributed by atoms with Gasteiger partial charge in [-0.25, -0.2) is 4.98 Å². The van der Waals surface area contributed by atoms with Crippen LogP contribution in [0.4, 0.5) is 0 Å². The molecule has 2 aromatic rings. The zero-order valence-electron chi connectivity index (χ0n) is 10.1. The topological polar surface area (TPSA) is 12.9 Å². The standard InChI is InChI=1S/C14H16ClNS/c1-10(11(2)15)8-14-16-13(9-17-14)12-6-4-3-5-7-12/h3-7,9-11H,8H2,1-2H3. The quantitative estimate of drug-likeness (QED) is 0.736. The van der Waals surface area contributed by atoms with Crippen LogP contribution in [-0.4, -0.2) is 10.4 Å². The minimum atomic E-state index is 0.194. The minimum Gasteiger partial charge on any atom is -0.241 e. The molecule has 1 aromatic heterocycles. The molecule has 1 aromatic carbocycles. The average molecular weight is 266 g/mol.